The van der Waals surface area contributed by atoms with E-state index in [0.29, 0.717) is 11.4 Å². The third-order valence-corrected chi connectivity index (χ3v) is 3.90. The molecule has 0 aromatic carbocycles. The summed E-state index contributed by atoms with van der Waals surface area (Å²) in [6, 6.07) is 13.0. The minimum absolute atomic E-state index is 0.131. The van der Waals surface area contributed by atoms with Crippen molar-refractivity contribution in [2.45, 2.75) is 18.9 Å². The zero-order valence-electron chi connectivity index (χ0n) is 12.6. The number of piperidine rings is 1. The van der Waals surface area contributed by atoms with E-state index in [1.807, 2.05) is 12.1 Å². The number of carbonyl (C=O) groups is 1. The van der Waals surface area contributed by atoms with E-state index in [4.69, 9.17) is 5.26 Å². The van der Waals surface area contributed by atoms with E-state index in [2.05, 4.69) is 26.3 Å². The van der Waals surface area contributed by atoms with Crippen LogP contribution >= 0.6 is 0 Å². The SMILES string of the molecule is N#Cc1cccc(N2CCC(NC(=O)c3ccccn3)CC2)n1. The third-order valence-electron chi connectivity index (χ3n) is 3.90. The van der Waals surface area contributed by atoms with Gasteiger partial charge in [-0.15, -0.1) is 0 Å². The molecule has 1 fully saturated rings. The van der Waals surface area contributed by atoms with E-state index < -0.39 is 0 Å². The maximum atomic E-state index is 12.1. The van der Waals surface area contributed by atoms with Gasteiger partial charge in [-0.2, -0.15) is 5.26 Å². The second-order valence-corrected chi connectivity index (χ2v) is 5.44. The molecule has 6 heteroatoms. The average Bonchev–Trinajstić information content (AvgIpc) is 2.63. The number of rotatable bonds is 3. The lowest BCUT2D eigenvalue weighted by molar-refractivity contribution is 0.0926. The molecule has 1 saturated heterocycles. The number of hydrogen-bond donors (Lipinski definition) is 1. The molecule has 3 rings (SSSR count). The van der Waals surface area contributed by atoms with Crippen molar-refractivity contribution < 1.29 is 4.79 Å². The average molecular weight is 307 g/mol. The topological polar surface area (TPSA) is 81.9 Å². The van der Waals surface area contributed by atoms with E-state index in [-0.39, 0.29) is 11.9 Å². The summed E-state index contributed by atoms with van der Waals surface area (Å²) in [6.45, 7) is 1.60. The van der Waals surface area contributed by atoms with Crippen molar-refractivity contribution in [3.8, 4) is 6.07 Å². The summed E-state index contributed by atoms with van der Waals surface area (Å²) in [5, 5.41) is 12.0. The Hall–Kier alpha value is -2.94. The first-order valence-electron chi connectivity index (χ1n) is 7.60. The fraction of sp³-hybridized carbons (Fsp3) is 0.294. The van der Waals surface area contributed by atoms with Crippen molar-refractivity contribution in [2.75, 3.05) is 18.0 Å². The van der Waals surface area contributed by atoms with Gasteiger partial charge in [-0.1, -0.05) is 12.1 Å². The molecule has 23 heavy (non-hydrogen) atoms. The van der Waals surface area contributed by atoms with Crippen LogP contribution in [0.5, 0.6) is 0 Å². The van der Waals surface area contributed by atoms with Gasteiger partial charge in [0.2, 0.25) is 0 Å². The van der Waals surface area contributed by atoms with Gasteiger partial charge >= 0.3 is 0 Å². The molecule has 0 unspecified atom stereocenters. The van der Waals surface area contributed by atoms with Crippen LogP contribution in [0.1, 0.15) is 29.0 Å². The largest absolute Gasteiger partial charge is 0.356 e. The molecular weight excluding hydrogens is 290 g/mol. The maximum Gasteiger partial charge on any atom is 0.270 e. The number of nitrogens with zero attached hydrogens (tertiary/aromatic N) is 4. The summed E-state index contributed by atoms with van der Waals surface area (Å²) >= 11 is 0. The van der Waals surface area contributed by atoms with Crippen LogP contribution in [0, 0.1) is 11.3 Å². The first-order chi connectivity index (χ1) is 11.3. The van der Waals surface area contributed by atoms with Crippen molar-refractivity contribution in [2.24, 2.45) is 0 Å². The standard InChI is InChI=1S/C17H17N5O/c18-12-14-4-3-6-16(20-14)22-10-7-13(8-11-22)21-17(23)15-5-1-2-9-19-15/h1-6,9,13H,7-8,10-11H2,(H,21,23). The number of nitrogens with one attached hydrogen (secondary N) is 1. The quantitative estimate of drug-likeness (QED) is 0.934. The van der Waals surface area contributed by atoms with Gasteiger partial charge in [-0.25, -0.2) is 4.98 Å². The fourth-order valence-electron chi connectivity index (χ4n) is 2.67. The van der Waals surface area contributed by atoms with Crippen LogP contribution in [0.15, 0.2) is 42.6 Å². The molecule has 0 saturated carbocycles. The van der Waals surface area contributed by atoms with E-state index in [1.165, 1.54) is 0 Å². The van der Waals surface area contributed by atoms with Gasteiger partial charge in [0.15, 0.2) is 0 Å². The maximum absolute atomic E-state index is 12.1. The molecule has 2 aromatic rings. The van der Waals surface area contributed by atoms with Gasteiger partial charge in [0.1, 0.15) is 23.3 Å². The Balaban J connectivity index is 1.56. The van der Waals surface area contributed by atoms with Gasteiger partial charge < -0.3 is 10.2 Å². The van der Waals surface area contributed by atoms with E-state index in [9.17, 15) is 4.79 Å². The van der Waals surface area contributed by atoms with Crippen molar-refractivity contribution in [1.29, 1.82) is 5.26 Å². The Labute approximate surface area is 134 Å². The Bertz CT molecular complexity index is 717. The zero-order chi connectivity index (χ0) is 16.1. The van der Waals surface area contributed by atoms with Gasteiger partial charge in [-0.3, -0.25) is 9.78 Å². The number of amides is 1. The lowest BCUT2D eigenvalue weighted by Gasteiger charge is -2.33. The van der Waals surface area contributed by atoms with E-state index >= 15 is 0 Å². The molecule has 1 aliphatic heterocycles. The van der Waals surface area contributed by atoms with Crippen LogP contribution in [-0.4, -0.2) is 35.0 Å². The number of aromatic nitrogens is 2. The monoisotopic (exact) mass is 307 g/mol. The number of nitriles is 1. The minimum Gasteiger partial charge on any atom is -0.356 e. The Morgan fingerprint density at radius 3 is 2.74 bits per heavy atom. The summed E-state index contributed by atoms with van der Waals surface area (Å²) < 4.78 is 0. The van der Waals surface area contributed by atoms with Crippen LogP contribution in [0.3, 0.4) is 0 Å². The number of carbonyl (C=O) groups excluding carboxylic acids is 1. The smallest absolute Gasteiger partial charge is 0.270 e. The molecule has 0 bridgehead atoms. The first-order valence-corrected chi connectivity index (χ1v) is 7.60. The fourth-order valence-corrected chi connectivity index (χ4v) is 2.67. The summed E-state index contributed by atoms with van der Waals surface area (Å²) in [7, 11) is 0. The van der Waals surface area contributed by atoms with Gasteiger partial charge in [0.05, 0.1) is 0 Å². The van der Waals surface area contributed by atoms with Gasteiger partial charge in [0.25, 0.3) is 5.91 Å². The first kappa shape index (κ1) is 15.0. The highest BCUT2D eigenvalue weighted by Gasteiger charge is 2.22. The van der Waals surface area contributed by atoms with Gasteiger partial charge in [0, 0.05) is 25.3 Å². The van der Waals surface area contributed by atoms with Gasteiger partial charge in [-0.05, 0) is 37.1 Å². The highest BCUT2D eigenvalue weighted by atomic mass is 16.1. The van der Waals surface area contributed by atoms with Crippen molar-refractivity contribution >= 4 is 11.7 Å². The molecule has 1 amide bonds. The van der Waals surface area contributed by atoms with E-state index in [0.717, 1.165) is 31.7 Å². The predicted octanol–water partition coefficient (Wildman–Crippen LogP) is 1.75. The normalized spacial score (nSPS) is 15.0. The molecule has 6 nitrogen and oxygen atoms in total. The Morgan fingerprint density at radius 1 is 1.22 bits per heavy atom. The summed E-state index contributed by atoms with van der Waals surface area (Å²) in [5.41, 5.74) is 0.867. The molecule has 3 heterocycles. The molecule has 0 radical (unpaired) electrons. The van der Waals surface area contributed by atoms with Crippen molar-refractivity contribution in [3.63, 3.8) is 0 Å². The minimum atomic E-state index is -0.131. The third kappa shape index (κ3) is 3.64. The molecule has 116 valence electrons. The lowest BCUT2D eigenvalue weighted by atomic mass is 10.0. The summed E-state index contributed by atoms with van der Waals surface area (Å²) in [5.74, 6) is 0.687. The molecule has 0 spiro atoms. The Morgan fingerprint density at radius 2 is 2.04 bits per heavy atom. The van der Waals surface area contributed by atoms with Crippen molar-refractivity contribution in [1.82, 2.24) is 15.3 Å². The second kappa shape index (κ2) is 6.88. The zero-order valence-corrected chi connectivity index (χ0v) is 12.6. The molecule has 1 N–H and O–H groups in total. The van der Waals surface area contributed by atoms with Crippen molar-refractivity contribution in [3.05, 3.63) is 54.0 Å². The van der Waals surface area contributed by atoms with Crippen LogP contribution in [0.2, 0.25) is 0 Å². The molecule has 2 aromatic heterocycles. The number of pyridine rings is 2. The predicted molar refractivity (Wildman–Crippen MR) is 85.9 cm³/mol. The second-order valence-electron chi connectivity index (χ2n) is 5.44. The molecular formula is C17H17N5O. The molecule has 0 atom stereocenters. The van der Waals surface area contributed by atoms with Crippen LogP contribution in [-0.2, 0) is 0 Å². The number of anilines is 1. The van der Waals surface area contributed by atoms with E-state index in [1.54, 1.807) is 30.5 Å². The summed E-state index contributed by atoms with van der Waals surface area (Å²) in [6.07, 6.45) is 3.31. The number of hydrogen-bond acceptors (Lipinski definition) is 5. The highest BCUT2D eigenvalue weighted by molar-refractivity contribution is 5.92. The molecule has 0 aliphatic carbocycles. The van der Waals surface area contributed by atoms with Crippen LogP contribution in [0.25, 0.3) is 0 Å². The lowest BCUT2D eigenvalue weighted by Crippen LogP contribution is -2.45. The van der Waals surface area contributed by atoms with Crippen LogP contribution < -0.4 is 10.2 Å². The summed E-state index contributed by atoms with van der Waals surface area (Å²) in [4.78, 5) is 22.6. The highest BCUT2D eigenvalue weighted by Crippen LogP contribution is 2.18. The molecule has 1 aliphatic rings. The Kier molecular flexibility index (Phi) is 4.48. The van der Waals surface area contributed by atoms with Crippen LogP contribution in [0.4, 0.5) is 5.82 Å².